The van der Waals surface area contributed by atoms with Gasteiger partial charge >= 0.3 is 0 Å². The Balaban J connectivity index is 1.47. The number of para-hydroxylation sites is 2. The number of hydrogen-bond acceptors (Lipinski definition) is 6. The number of hydrogen-bond donors (Lipinski definition) is 1. The van der Waals surface area contributed by atoms with E-state index in [-0.39, 0.29) is 12.3 Å². The van der Waals surface area contributed by atoms with Crippen molar-refractivity contribution in [1.82, 2.24) is 14.5 Å². The van der Waals surface area contributed by atoms with Crippen molar-refractivity contribution in [3.8, 4) is 10.6 Å². The first-order valence-electron chi connectivity index (χ1n) is 9.54. The lowest BCUT2D eigenvalue weighted by atomic mass is 10.3. The third-order valence-corrected chi connectivity index (χ3v) is 6.07. The fourth-order valence-electron chi connectivity index (χ4n) is 3.11. The van der Waals surface area contributed by atoms with Gasteiger partial charge in [-0.05, 0) is 36.9 Å². The molecule has 8 heteroatoms. The van der Waals surface area contributed by atoms with Gasteiger partial charge in [0.15, 0.2) is 0 Å². The van der Waals surface area contributed by atoms with Crippen LogP contribution in [0.25, 0.3) is 21.6 Å². The van der Waals surface area contributed by atoms with Gasteiger partial charge in [-0.1, -0.05) is 12.1 Å². The Bertz CT molecular complexity index is 1090. The Morgan fingerprint density at radius 2 is 2.10 bits per heavy atom. The number of carbonyl (C=O) groups is 1. The van der Waals surface area contributed by atoms with Gasteiger partial charge in [0.25, 0.3) is 0 Å². The summed E-state index contributed by atoms with van der Waals surface area (Å²) in [5, 5.41) is 9.95. The topological polar surface area (TPSA) is 69.0 Å². The zero-order valence-electron chi connectivity index (χ0n) is 16.1. The fourth-order valence-corrected chi connectivity index (χ4v) is 4.64. The maximum atomic E-state index is 12.7. The Morgan fingerprint density at radius 1 is 1.21 bits per heavy atom. The Morgan fingerprint density at radius 3 is 2.93 bits per heavy atom. The predicted octanol–water partition coefficient (Wildman–Crippen LogP) is 4.83. The molecule has 1 aromatic carbocycles. The summed E-state index contributed by atoms with van der Waals surface area (Å²) in [7, 11) is 0. The molecule has 150 valence electrons. The molecule has 6 nitrogen and oxygen atoms in total. The predicted molar refractivity (Wildman–Crippen MR) is 119 cm³/mol. The van der Waals surface area contributed by atoms with Crippen LogP contribution in [-0.2, 0) is 22.5 Å². The first-order valence-corrected chi connectivity index (χ1v) is 11.4. The van der Waals surface area contributed by atoms with Crippen LogP contribution in [0.15, 0.2) is 46.5 Å². The van der Waals surface area contributed by atoms with Crippen molar-refractivity contribution in [2.24, 2.45) is 0 Å². The lowest BCUT2D eigenvalue weighted by Gasteiger charge is -2.10. The molecule has 0 fully saturated rings. The van der Waals surface area contributed by atoms with Crippen molar-refractivity contribution in [2.45, 2.75) is 26.3 Å². The highest BCUT2D eigenvalue weighted by atomic mass is 32.1. The van der Waals surface area contributed by atoms with Crippen LogP contribution in [0.2, 0.25) is 0 Å². The number of benzene rings is 1. The fraction of sp³-hybridized carbons (Fsp3) is 0.286. The van der Waals surface area contributed by atoms with E-state index in [0.717, 1.165) is 40.3 Å². The number of aryl methyl sites for hydroxylation is 1. The van der Waals surface area contributed by atoms with Crippen LogP contribution in [0.3, 0.4) is 0 Å². The van der Waals surface area contributed by atoms with E-state index in [1.807, 2.05) is 52.6 Å². The SMILES string of the molecule is CCOCCCn1c(NC(=O)Cc2csc(-c3ccsc3)n2)nc2ccccc21. The molecule has 0 saturated heterocycles. The van der Waals surface area contributed by atoms with Crippen LogP contribution in [0.4, 0.5) is 5.95 Å². The number of aromatic nitrogens is 3. The molecule has 0 atom stereocenters. The molecule has 0 spiro atoms. The standard InChI is InChI=1S/C21H22N4O2S2/c1-2-27-10-5-9-25-18-7-4-3-6-17(18)23-21(25)24-19(26)12-16-14-29-20(22-16)15-8-11-28-13-15/h3-4,6-8,11,13-14H,2,5,9-10,12H2,1H3,(H,23,24,26). The quantitative estimate of drug-likeness (QED) is 0.389. The van der Waals surface area contributed by atoms with E-state index >= 15 is 0 Å². The summed E-state index contributed by atoms with van der Waals surface area (Å²) >= 11 is 3.20. The second-order valence-electron chi connectivity index (χ2n) is 6.51. The maximum absolute atomic E-state index is 12.7. The van der Waals surface area contributed by atoms with Crippen LogP contribution >= 0.6 is 22.7 Å². The monoisotopic (exact) mass is 426 g/mol. The average Bonchev–Trinajstić information content (AvgIpc) is 3.45. The highest BCUT2D eigenvalue weighted by Gasteiger charge is 2.15. The van der Waals surface area contributed by atoms with Gasteiger partial charge in [0.2, 0.25) is 11.9 Å². The van der Waals surface area contributed by atoms with Crippen LogP contribution in [-0.4, -0.2) is 33.7 Å². The smallest absolute Gasteiger partial charge is 0.232 e. The molecule has 4 rings (SSSR count). The van der Waals surface area contributed by atoms with Gasteiger partial charge in [0, 0.05) is 36.1 Å². The first-order chi connectivity index (χ1) is 14.2. The van der Waals surface area contributed by atoms with Crippen molar-refractivity contribution in [2.75, 3.05) is 18.5 Å². The summed E-state index contributed by atoms with van der Waals surface area (Å²) in [6.07, 6.45) is 1.08. The van der Waals surface area contributed by atoms with E-state index < -0.39 is 0 Å². The molecule has 0 saturated carbocycles. The summed E-state index contributed by atoms with van der Waals surface area (Å²) in [4.78, 5) is 21.9. The summed E-state index contributed by atoms with van der Waals surface area (Å²) in [5.74, 6) is 0.453. The molecule has 0 unspecified atom stereocenters. The van der Waals surface area contributed by atoms with E-state index in [2.05, 4.69) is 20.7 Å². The zero-order chi connectivity index (χ0) is 20.1. The van der Waals surface area contributed by atoms with Gasteiger partial charge < -0.3 is 9.30 Å². The Kier molecular flexibility index (Phi) is 6.33. The third-order valence-electron chi connectivity index (χ3n) is 4.44. The van der Waals surface area contributed by atoms with Crippen molar-refractivity contribution >= 4 is 45.6 Å². The minimum absolute atomic E-state index is 0.117. The normalized spacial score (nSPS) is 11.2. The largest absolute Gasteiger partial charge is 0.382 e. The van der Waals surface area contributed by atoms with Gasteiger partial charge in [-0.3, -0.25) is 10.1 Å². The summed E-state index contributed by atoms with van der Waals surface area (Å²) < 4.78 is 7.50. The molecular formula is C21H22N4O2S2. The molecular weight excluding hydrogens is 404 g/mol. The van der Waals surface area contributed by atoms with Crippen LogP contribution in [0.5, 0.6) is 0 Å². The van der Waals surface area contributed by atoms with Crippen molar-refractivity contribution in [3.05, 3.63) is 52.2 Å². The second kappa shape index (κ2) is 9.30. The number of nitrogens with zero attached hydrogens (tertiary/aromatic N) is 3. The van der Waals surface area contributed by atoms with E-state index in [4.69, 9.17) is 4.74 Å². The van der Waals surface area contributed by atoms with E-state index in [1.165, 1.54) is 0 Å². The van der Waals surface area contributed by atoms with Gasteiger partial charge in [-0.2, -0.15) is 11.3 Å². The van der Waals surface area contributed by atoms with Crippen molar-refractivity contribution < 1.29 is 9.53 Å². The number of imidazole rings is 1. The molecule has 1 amide bonds. The molecule has 0 aliphatic carbocycles. The van der Waals surface area contributed by atoms with E-state index in [9.17, 15) is 4.79 Å². The number of amides is 1. The highest BCUT2D eigenvalue weighted by Crippen LogP contribution is 2.26. The summed E-state index contributed by atoms with van der Waals surface area (Å²) in [6.45, 7) is 4.10. The Labute approximate surface area is 177 Å². The van der Waals surface area contributed by atoms with Gasteiger partial charge in [-0.15, -0.1) is 11.3 Å². The zero-order valence-corrected chi connectivity index (χ0v) is 17.8. The third kappa shape index (κ3) is 4.72. The number of ether oxygens (including phenoxy) is 1. The minimum atomic E-state index is -0.117. The number of carbonyl (C=O) groups excluding carboxylic acids is 1. The number of thiophene rings is 1. The summed E-state index contributed by atoms with van der Waals surface area (Å²) in [5.41, 5.74) is 3.75. The van der Waals surface area contributed by atoms with Gasteiger partial charge in [-0.25, -0.2) is 9.97 Å². The number of rotatable bonds is 9. The maximum Gasteiger partial charge on any atom is 0.232 e. The van der Waals surface area contributed by atoms with E-state index in [0.29, 0.717) is 19.2 Å². The molecule has 0 radical (unpaired) electrons. The van der Waals surface area contributed by atoms with Gasteiger partial charge in [0.05, 0.1) is 23.1 Å². The molecule has 29 heavy (non-hydrogen) atoms. The molecule has 0 bridgehead atoms. The molecule has 0 aliphatic heterocycles. The number of thiazole rings is 1. The van der Waals surface area contributed by atoms with Crippen molar-refractivity contribution in [1.29, 1.82) is 0 Å². The second-order valence-corrected chi connectivity index (χ2v) is 8.15. The Hall–Kier alpha value is -2.55. The highest BCUT2D eigenvalue weighted by molar-refractivity contribution is 7.14. The lowest BCUT2D eigenvalue weighted by Crippen LogP contribution is -2.18. The van der Waals surface area contributed by atoms with Crippen LogP contribution in [0.1, 0.15) is 19.0 Å². The lowest BCUT2D eigenvalue weighted by molar-refractivity contribution is -0.115. The number of anilines is 1. The molecule has 0 aliphatic rings. The van der Waals surface area contributed by atoms with Crippen LogP contribution < -0.4 is 5.32 Å². The molecule has 4 aromatic rings. The number of nitrogens with one attached hydrogen (secondary N) is 1. The van der Waals surface area contributed by atoms with Gasteiger partial charge in [0.1, 0.15) is 5.01 Å². The van der Waals surface area contributed by atoms with E-state index in [1.54, 1.807) is 22.7 Å². The molecule has 1 N–H and O–H groups in total. The summed E-state index contributed by atoms with van der Waals surface area (Å²) in [6, 6.07) is 9.95. The minimum Gasteiger partial charge on any atom is -0.382 e. The molecule has 3 heterocycles. The average molecular weight is 427 g/mol. The van der Waals surface area contributed by atoms with Crippen LogP contribution in [0, 0.1) is 0 Å². The molecule has 3 aromatic heterocycles. The first kappa shape index (κ1) is 19.8. The number of fused-ring (bicyclic) bond motifs is 1. The van der Waals surface area contributed by atoms with Crippen molar-refractivity contribution in [3.63, 3.8) is 0 Å².